The molecule has 0 bridgehead atoms. The largest absolute Gasteiger partial charge is 0.478 e. The summed E-state index contributed by atoms with van der Waals surface area (Å²) in [7, 11) is 0. The number of imidazole rings is 1. The van der Waals surface area contributed by atoms with Gasteiger partial charge in [-0.15, -0.1) is 0 Å². The molecule has 19 heavy (non-hydrogen) atoms. The maximum absolute atomic E-state index is 10.8. The first kappa shape index (κ1) is 11.2. The molecule has 0 fully saturated rings. The zero-order chi connectivity index (χ0) is 13.4. The Labute approximate surface area is 108 Å². The Hall–Kier alpha value is -2.89. The molecule has 6 heteroatoms. The first-order chi connectivity index (χ1) is 9.16. The molecule has 0 amide bonds. The van der Waals surface area contributed by atoms with E-state index < -0.39 is 5.97 Å². The predicted molar refractivity (Wildman–Crippen MR) is 69.8 cm³/mol. The first-order valence-corrected chi connectivity index (χ1v) is 5.58. The topological polar surface area (TPSA) is 93.5 Å². The molecule has 0 saturated heterocycles. The first-order valence-electron chi connectivity index (χ1n) is 5.58. The van der Waals surface area contributed by atoms with Crippen molar-refractivity contribution in [3.8, 4) is 11.3 Å². The van der Waals surface area contributed by atoms with Gasteiger partial charge in [-0.3, -0.25) is 4.40 Å². The van der Waals surface area contributed by atoms with Gasteiger partial charge >= 0.3 is 5.97 Å². The molecule has 0 aliphatic heterocycles. The van der Waals surface area contributed by atoms with Crippen molar-refractivity contribution in [3.63, 3.8) is 0 Å². The number of nitrogens with two attached hydrogens (primary N) is 1. The highest BCUT2D eigenvalue weighted by molar-refractivity contribution is 5.88. The summed E-state index contributed by atoms with van der Waals surface area (Å²) in [6.45, 7) is 0. The molecule has 0 spiro atoms. The summed E-state index contributed by atoms with van der Waals surface area (Å²) < 4.78 is 1.82. The number of fused-ring (bicyclic) bond motifs is 1. The standard InChI is InChI=1S/C13H10N4O2/c14-11-12-16-7-10(17(12)6-5-15-11)8-1-3-9(4-2-8)13(18)19/h1-7H,(H2,14,15)(H,18,19). The number of hydrogen-bond donors (Lipinski definition) is 2. The molecule has 2 heterocycles. The van der Waals surface area contributed by atoms with E-state index in [1.807, 2.05) is 4.40 Å². The Bertz CT molecular complexity index is 762. The molecule has 3 aromatic rings. The quantitative estimate of drug-likeness (QED) is 0.725. The van der Waals surface area contributed by atoms with Gasteiger partial charge in [0.2, 0.25) is 0 Å². The van der Waals surface area contributed by atoms with Crippen LogP contribution in [0.15, 0.2) is 42.9 Å². The van der Waals surface area contributed by atoms with Crippen molar-refractivity contribution in [2.24, 2.45) is 0 Å². The maximum atomic E-state index is 10.8. The molecule has 3 N–H and O–H groups in total. The van der Waals surface area contributed by atoms with Crippen molar-refractivity contribution in [3.05, 3.63) is 48.4 Å². The van der Waals surface area contributed by atoms with E-state index in [1.165, 1.54) is 0 Å². The van der Waals surface area contributed by atoms with Crippen molar-refractivity contribution >= 4 is 17.4 Å². The Balaban J connectivity index is 2.14. The van der Waals surface area contributed by atoms with Crippen LogP contribution in [0, 0.1) is 0 Å². The highest BCUT2D eigenvalue weighted by Crippen LogP contribution is 2.22. The Kier molecular flexibility index (Phi) is 2.42. The third kappa shape index (κ3) is 1.79. The number of hydrogen-bond acceptors (Lipinski definition) is 4. The van der Waals surface area contributed by atoms with Crippen LogP contribution in [-0.4, -0.2) is 25.4 Å². The third-order valence-electron chi connectivity index (χ3n) is 2.88. The van der Waals surface area contributed by atoms with Crippen LogP contribution in [0.1, 0.15) is 10.4 Å². The number of aromatic nitrogens is 3. The minimum atomic E-state index is -0.946. The Morgan fingerprint density at radius 3 is 2.63 bits per heavy atom. The normalized spacial score (nSPS) is 10.7. The van der Waals surface area contributed by atoms with Gasteiger partial charge in [0.05, 0.1) is 17.5 Å². The molecule has 94 valence electrons. The molecule has 0 radical (unpaired) electrons. The zero-order valence-corrected chi connectivity index (χ0v) is 9.82. The molecule has 0 unspecified atom stereocenters. The maximum Gasteiger partial charge on any atom is 0.335 e. The fourth-order valence-electron chi connectivity index (χ4n) is 1.94. The van der Waals surface area contributed by atoms with Crippen molar-refractivity contribution < 1.29 is 9.90 Å². The van der Waals surface area contributed by atoms with Gasteiger partial charge < -0.3 is 10.8 Å². The van der Waals surface area contributed by atoms with E-state index in [9.17, 15) is 4.79 Å². The lowest BCUT2D eigenvalue weighted by atomic mass is 10.1. The van der Waals surface area contributed by atoms with Crippen molar-refractivity contribution in [2.75, 3.05) is 5.73 Å². The number of nitrogen functional groups attached to an aromatic ring is 1. The zero-order valence-electron chi connectivity index (χ0n) is 9.82. The van der Waals surface area contributed by atoms with E-state index in [-0.39, 0.29) is 5.56 Å². The minimum Gasteiger partial charge on any atom is -0.478 e. The molecule has 3 rings (SSSR count). The molecule has 1 aromatic carbocycles. The highest BCUT2D eigenvalue weighted by Gasteiger charge is 2.09. The van der Waals surface area contributed by atoms with Crippen LogP contribution in [0.25, 0.3) is 16.9 Å². The third-order valence-corrected chi connectivity index (χ3v) is 2.88. The van der Waals surface area contributed by atoms with Crippen LogP contribution in [0.5, 0.6) is 0 Å². The molecule has 0 atom stereocenters. The van der Waals surface area contributed by atoms with E-state index in [1.54, 1.807) is 42.9 Å². The van der Waals surface area contributed by atoms with E-state index in [0.29, 0.717) is 11.5 Å². The van der Waals surface area contributed by atoms with Gasteiger partial charge in [0.15, 0.2) is 11.5 Å². The summed E-state index contributed by atoms with van der Waals surface area (Å²) in [6.07, 6.45) is 5.04. The molecular weight excluding hydrogens is 244 g/mol. The number of nitrogens with zero attached hydrogens (tertiary/aromatic N) is 3. The fourth-order valence-corrected chi connectivity index (χ4v) is 1.94. The lowest BCUT2D eigenvalue weighted by molar-refractivity contribution is 0.0697. The summed E-state index contributed by atoms with van der Waals surface area (Å²) in [5, 5.41) is 8.87. The number of rotatable bonds is 2. The average Bonchev–Trinajstić information content (AvgIpc) is 2.84. The second-order valence-electron chi connectivity index (χ2n) is 4.03. The molecule has 0 saturated carbocycles. The molecule has 0 aliphatic rings. The summed E-state index contributed by atoms with van der Waals surface area (Å²) in [4.78, 5) is 19.0. The van der Waals surface area contributed by atoms with Crippen LogP contribution in [-0.2, 0) is 0 Å². The summed E-state index contributed by atoms with van der Waals surface area (Å²) >= 11 is 0. The summed E-state index contributed by atoms with van der Waals surface area (Å²) in [5.74, 6) is -0.589. The van der Waals surface area contributed by atoms with Gasteiger partial charge in [-0.25, -0.2) is 14.8 Å². The lowest BCUT2D eigenvalue weighted by Gasteiger charge is -2.03. The number of benzene rings is 1. The van der Waals surface area contributed by atoms with E-state index >= 15 is 0 Å². The monoisotopic (exact) mass is 254 g/mol. The molecule has 0 aliphatic carbocycles. The second-order valence-corrected chi connectivity index (χ2v) is 4.03. The van der Waals surface area contributed by atoms with Crippen LogP contribution in [0.3, 0.4) is 0 Å². The number of carbonyl (C=O) groups is 1. The smallest absolute Gasteiger partial charge is 0.335 e. The summed E-state index contributed by atoms with van der Waals surface area (Å²) in [5.41, 5.74) is 8.27. The van der Waals surface area contributed by atoms with Crippen LogP contribution >= 0.6 is 0 Å². The van der Waals surface area contributed by atoms with Crippen LogP contribution in [0.2, 0.25) is 0 Å². The SMILES string of the molecule is Nc1nccn2c(-c3ccc(C(=O)O)cc3)cnc12. The number of anilines is 1. The predicted octanol–water partition coefficient (Wildman–Crippen LogP) is 1.68. The van der Waals surface area contributed by atoms with Crippen molar-refractivity contribution in [1.82, 2.24) is 14.4 Å². The van der Waals surface area contributed by atoms with Gasteiger partial charge in [0.1, 0.15) is 0 Å². The number of carboxylic acid groups (broad SMARTS) is 1. The van der Waals surface area contributed by atoms with Gasteiger partial charge in [0.25, 0.3) is 0 Å². The highest BCUT2D eigenvalue weighted by atomic mass is 16.4. The Morgan fingerprint density at radius 1 is 1.21 bits per heavy atom. The summed E-state index contributed by atoms with van der Waals surface area (Å²) in [6, 6.07) is 6.59. The number of aromatic carboxylic acids is 1. The van der Waals surface area contributed by atoms with Gasteiger partial charge in [-0.05, 0) is 12.1 Å². The second kappa shape index (κ2) is 4.09. The molecule has 2 aromatic heterocycles. The molecular formula is C13H10N4O2. The van der Waals surface area contributed by atoms with E-state index in [4.69, 9.17) is 10.8 Å². The lowest BCUT2D eigenvalue weighted by Crippen LogP contribution is -1.97. The molecule has 6 nitrogen and oxygen atoms in total. The van der Waals surface area contributed by atoms with E-state index in [0.717, 1.165) is 11.3 Å². The van der Waals surface area contributed by atoms with Gasteiger partial charge in [-0.1, -0.05) is 12.1 Å². The van der Waals surface area contributed by atoms with Gasteiger partial charge in [-0.2, -0.15) is 0 Å². The van der Waals surface area contributed by atoms with Crippen LogP contribution in [0.4, 0.5) is 5.82 Å². The fraction of sp³-hybridized carbons (Fsp3) is 0. The Morgan fingerprint density at radius 2 is 1.95 bits per heavy atom. The average molecular weight is 254 g/mol. The van der Waals surface area contributed by atoms with E-state index in [2.05, 4.69) is 9.97 Å². The van der Waals surface area contributed by atoms with Gasteiger partial charge in [0, 0.05) is 18.0 Å². The van der Waals surface area contributed by atoms with Crippen molar-refractivity contribution in [1.29, 1.82) is 0 Å². The number of carboxylic acids is 1. The van der Waals surface area contributed by atoms with Crippen LogP contribution < -0.4 is 5.73 Å². The van der Waals surface area contributed by atoms with Crippen molar-refractivity contribution in [2.45, 2.75) is 0 Å². The minimum absolute atomic E-state index is 0.249.